The lowest BCUT2D eigenvalue weighted by Crippen LogP contribution is -2.22. The third kappa shape index (κ3) is 6.09. The molecule has 30 heavy (non-hydrogen) atoms. The van der Waals surface area contributed by atoms with E-state index in [0.717, 1.165) is 16.7 Å². The number of amides is 1. The van der Waals surface area contributed by atoms with Crippen LogP contribution in [0.1, 0.15) is 34.0 Å². The predicted molar refractivity (Wildman–Crippen MR) is 117 cm³/mol. The van der Waals surface area contributed by atoms with Gasteiger partial charge in [0.15, 0.2) is 11.5 Å². The first-order valence-electron chi connectivity index (χ1n) is 9.98. The summed E-state index contributed by atoms with van der Waals surface area (Å²) in [7, 11) is 1.58. The third-order valence-corrected chi connectivity index (χ3v) is 4.55. The summed E-state index contributed by atoms with van der Waals surface area (Å²) >= 11 is 0. The zero-order valence-electron chi connectivity index (χ0n) is 17.4. The number of hydrogen-bond acceptors (Lipinski definition) is 4. The Kier molecular flexibility index (Phi) is 7.86. The Labute approximate surface area is 177 Å². The molecule has 5 heteroatoms. The van der Waals surface area contributed by atoms with E-state index in [1.165, 1.54) is 0 Å². The van der Waals surface area contributed by atoms with Crippen LogP contribution in [-0.4, -0.2) is 19.6 Å². The molecule has 0 unspecified atom stereocenters. The number of carbonyl (C=O) groups excluding carboxylic acids is 1. The highest BCUT2D eigenvalue weighted by Gasteiger charge is 2.11. The second-order valence-corrected chi connectivity index (χ2v) is 6.78. The van der Waals surface area contributed by atoms with E-state index in [9.17, 15) is 4.79 Å². The number of carbonyl (C=O) groups is 1. The van der Waals surface area contributed by atoms with Gasteiger partial charge >= 0.3 is 0 Å². The van der Waals surface area contributed by atoms with Crippen LogP contribution in [0.25, 0.3) is 0 Å². The fourth-order valence-corrected chi connectivity index (χ4v) is 3.06. The molecule has 0 aromatic heterocycles. The van der Waals surface area contributed by atoms with E-state index >= 15 is 0 Å². The molecule has 0 aliphatic rings. The average molecular weight is 405 g/mol. The number of hydrogen-bond donors (Lipinski definition) is 1. The molecule has 0 heterocycles. The van der Waals surface area contributed by atoms with Crippen LogP contribution in [0.3, 0.4) is 0 Å². The minimum atomic E-state index is -0.163. The number of benzene rings is 3. The second-order valence-electron chi connectivity index (χ2n) is 6.78. The zero-order valence-corrected chi connectivity index (χ0v) is 17.4. The van der Waals surface area contributed by atoms with Crippen LogP contribution in [0.2, 0.25) is 0 Å². The topological polar surface area (TPSA) is 56.8 Å². The van der Waals surface area contributed by atoms with Crippen LogP contribution in [0, 0.1) is 0 Å². The highest BCUT2D eigenvalue weighted by molar-refractivity contribution is 5.94. The molecule has 0 saturated carbocycles. The summed E-state index contributed by atoms with van der Waals surface area (Å²) in [6.07, 6.45) is 0. The number of ether oxygens (including phenoxy) is 3. The van der Waals surface area contributed by atoms with Crippen LogP contribution in [0.15, 0.2) is 72.8 Å². The van der Waals surface area contributed by atoms with E-state index in [4.69, 9.17) is 14.2 Å². The fraction of sp³-hybridized carbons (Fsp3) is 0.240. The van der Waals surface area contributed by atoms with Crippen LogP contribution in [0.5, 0.6) is 11.5 Å². The first kappa shape index (κ1) is 21.4. The second kappa shape index (κ2) is 11.0. The largest absolute Gasteiger partial charge is 0.493 e. The molecule has 0 aliphatic heterocycles. The van der Waals surface area contributed by atoms with Gasteiger partial charge < -0.3 is 19.5 Å². The van der Waals surface area contributed by atoms with Gasteiger partial charge in [0.2, 0.25) is 0 Å². The van der Waals surface area contributed by atoms with E-state index in [0.29, 0.717) is 43.4 Å². The van der Waals surface area contributed by atoms with Crippen molar-refractivity contribution in [3.8, 4) is 11.5 Å². The van der Waals surface area contributed by atoms with E-state index in [2.05, 4.69) is 5.32 Å². The first-order chi connectivity index (χ1) is 14.7. The van der Waals surface area contributed by atoms with Crippen molar-refractivity contribution in [3.63, 3.8) is 0 Å². The third-order valence-electron chi connectivity index (χ3n) is 4.55. The van der Waals surface area contributed by atoms with Crippen LogP contribution < -0.4 is 14.8 Å². The standard InChI is InChI=1S/C25H27NO4/c1-3-30-24-15-22(12-13-23(24)28-2)25(27)26-16-20-10-7-11-21(14-20)18-29-17-19-8-5-4-6-9-19/h4-15H,3,16-18H2,1-2H3,(H,26,27). The molecule has 0 fully saturated rings. The van der Waals surface area contributed by atoms with Crippen molar-refractivity contribution in [1.29, 1.82) is 0 Å². The Morgan fingerprint density at radius 2 is 1.57 bits per heavy atom. The summed E-state index contributed by atoms with van der Waals surface area (Å²) in [5.74, 6) is 1.01. The maximum atomic E-state index is 12.6. The molecule has 5 nitrogen and oxygen atoms in total. The molecule has 0 spiro atoms. The van der Waals surface area contributed by atoms with Crippen molar-refractivity contribution in [2.24, 2.45) is 0 Å². The highest BCUT2D eigenvalue weighted by Crippen LogP contribution is 2.28. The number of methoxy groups -OCH3 is 1. The quantitative estimate of drug-likeness (QED) is 0.529. The average Bonchev–Trinajstić information content (AvgIpc) is 2.79. The summed E-state index contributed by atoms with van der Waals surface area (Å²) < 4.78 is 16.6. The molecule has 1 amide bonds. The van der Waals surface area contributed by atoms with Gasteiger partial charge in [-0.1, -0.05) is 54.6 Å². The molecule has 0 saturated heterocycles. The lowest BCUT2D eigenvalue weighted by Gasteiger charge is -2.12. The Bertz CT molecular complexity index is 956. The zero-order chi connectivity index (χ0) is 21.2. The lowest BCUT2D eigenvalue weighted by atomic mass is 10.1. The van der Waals surface area contributed by atoms with Gasteiger partial charge in [0.05, 0.1) is 26.9 Å². The highest BCUT2D eigenvalue weighted by atomic mass is 16.5. The molecule has 3 aromatic rings. The van der Waals surface area contributed by atoms with Gasteiger partial charge in [-0.3, -0.25) is 4.79 Å². The van der Waals surface area contributed by atoms with Crippen molar-refractivity contribution in [2.75, 3.05) is 13.7 Å². The van der Waals surface area contributed by atoms with Gasteiger partial charge in [-0.15, -0.1) is 0 Å². The van der Waals surface area contributed by atoms with Gasteiger partial charge in [0, 0.05) is 12.1 Å². The fourth-order valence-electron chi connectivity index (χ4n) is 3.06. The normalized spacial score (nSPS) is 10.5. The molecule has 0 radical (unpaired) electrons. The van der Waals surface area contributed by atoms with Crippen molar-refractivity contribution >= 4 is 5.91 Å². The van der Waals surface area contributed by atoms with Crippen molar-refractivity contribution in [1.82, 2.24) is 5.32 Å². The Balaban J connectivity index is 1.54. The minimum absolute atomic E-state index is 0.163. The van der Waals surface area contributed by atoms with E-state index in [1.54, 1.807) is 25.3 Å². The summed E-state index contributed by atoms with van der Waals surface area (Å²) in [4.78, 5) is 12.6. The van der Waals surface area contributed by atoms with Crippen LogP contribution in [0.4, 0.5) is 0 Å². The summed E-state index contributed by atoms with van der Waals surface area (Å²) in [6, 6.07) is 23.3. The van der Waals surface area contributed by atoms with E-state index < -0.39 is 0 Å². The Morgan fingerprint density at radius 1 is 0.833 bits per heavy atom. The maximum absolute atomic E-state index is 12.6. The molecule has 0 aliphatic carbocycles. The molecule has 1 N–H and O–H groups in total. The Morgan fingerprint density at radius 3 is 2.33 bits per heavy atom. The number of nitrogens with one attached hydrogen (secondary N) is 1. The van der Waals surface area contributed by atoms with Crippen molar-refractivity contribution < 1.29 is 19.0 Å². The van der Waals surface area contributed by atoms with Crippen LogP contribution >= 0.6 is 0 Å². The number of rotatable bonds is 10. The van der Waals surface area contributed by atoms with Gasteiger partial charge in [-0.05, 0) is 41.8 Å². The SMILES string of the molecule is CCOc1cc(C(=O)NCc2cccc(COCc3ccccc3)c2)ccc1OC. The Hall–Kier alpha value is -3.31. The van der Waals surface area contributed by atoms with Gasteiger partial charge in [-0.2, -0.15) is 0 Å². The van der Waals surface area contributed by atoms with E-state index in [1.807, 2.05) is 61.5 Å². The molecule has 3 aromatic carbocycles. The van der Waals surface area contributed by atoms with Crippen molar-refractivity contribution in [2.45, 2.75) is 26.7 Å². The minimum Gasteiger partial charge on any atom is -0.493 e. The monoisotopic (exact) mass is 405 g/mol. The van der Waals surface area contributed by atoms with Gasteiger partial charge in [-0.25, -0.2) is 0 Å². The van der Waals surface area contributed by atoms with Crippen LogP contribution in [-0.2, 0) is 24.5 Å². The van der Waals surface area contributed by atoms with Gasteiger partial charge in [0.1, 0.15) is 0 Å². The molecule has 3 rings (SSSR count). The molecule has 0 bridgehead atoms. The summed E-state index contributed by atoms with van der Waals surface area (Å²) in [5, 5.41) is 2.96. The first-order valence-corrected chi connectivity index (χ1v) is 9.98. The van der Waals surface area contributed by atoms with Crippen molar-refractivity contribution in [3.05, 3.63) is 95.1 Å². The lowest BCUT2D eigenvalue weighted by molar-refractivity contribution is 0.0950. The molecular formula is C25H27NO4. The molecule has 156 valence electrons. The smallest absolute Gasteiger partial charge is 0.251 e. The summed E-state index contributed by atoms with van der Waals surface area (Å²) in [5.41, 5.74) is 3.76. The van der Waals surface area contributed by atoms with E-state index in [-0.39, 0.29) is 5.91 Å². The summed E-state index contributed by atoms with van der Waals surface area (Å²) in [6.45, 7) is 3.92. The van der Waals surface area contributed by atoms with Gasteiger partial charge in [0.25, 0.3) is 5.91 Å². The maximum Gasteiger partial charge on any atom is 0.251 e. The molecular weight excluding hydrogens is 378 g/mol. The molecule has 0 atom stereocenters. The predicted octanol–water partition coefficient (Wildman–Crippen LogP) is 4.74.